The van der Waals surface area contributed by atoms with Gasteiger partial charge in [0, 0.05) is 17.0 Å². The third kappa shape index (κ3) is 1.70. The second kappa shape index (κ2) is 4.29. The first-order valence-electron chi connectivity index (χ1n) is 8.89. The van der Waals surface area contributed by atoms with E-state index in [0.717, 1.165) is 41.8 Å². The molecule has 0 N–H and O–H groups in total. The van der Waals surface area contributed by atoms with Crippen molar-refractivity contribution < 1.29 is 4.42 Å². The normalized spacial score (nSPS) is 27.2. The van der Waals surface area contributed by atoms with E-state index in [1.54, 1.807) is 0 Å². The maximum Gasteiger partial charge on any atom is 0.201 e. The van der Waals surface area contributed by atoms with Crippen molar-refractivity contribution in [2.24, 2.45) is 0 Å². The lowest BCUT2D eigenvalue weighted by Gasteiger charge is -2.69. The first-order chi connectivity index (χ1) is 12.2. The number of hydrogen-bond donors (Lipinski definition) is 0. The number of pyridine rings is 1. The Labute approximate surface area is 145 Å². The zero-order chi connectivity index (χ0) is 16.6. The molecule has 2 aromatic heterocycles. The van der Waals surface area contributed by atoms with Gasteiger partial charge in [-0.2, -0.15) is 0 Å². The van der Waals surface area contributed by atoms with Crippen molar-refractivity contribution in [1.82, 2.24) is 9.97 Å². The van der Waals surface area contributed by atoms with Gasteiger partial charge in [-0.05, 0) is 67.0 Å². The summed E-state index contributed by atoms with van der Waals surface area (Å²) in [4.78, 5) is 9.43. The van der Waals surface area contributed by atoms with Crippen LogP contribution in [-0.4, -0.2) is 9.97 Å². The van der Waals surface area contributed by atoms with Crippen molar-refractivity contribution in [1.29, 1.82) is 0 Å². The Hall–Kier alpha value is -2.68. The first-order valence-corrected chi connectivity index (χ1v) is 8.89. The fraction of sp³-hybridized carbons (Fsp3) is 0.273. The molecular weight excluding hydrogens is 308 g/mol. The minimum Gasteiger partial charge on any atom is -0.440 e. The molecule has 0 radical (unpaired) electrons. The lowest BCUT2D eigenvalue weighted by atomic mass is 9.33. The summed E-state index contributed by atoms with van der Waals surface area (Å²) in [5.74, 6) is 0.934. The molecule has 3 aliphatic carbocycles. The van der Waals surface area contributed by atoms with Gasteiger partial charge in [0.15, 0.2) is 5.58 Å². The molecule has 2 bridgehead atoms. The summed E-state index contributed by atoms with van der Waals surface area (Å²) < 4.78 is 6.12. The van der Waals surface area contributed by atoms with Crippen LogP contribution in [0.4, 0.5) is 0 Å². The Bertz CT molecular complexity index is 1140. The predicted octanol–water partition coefficient (Wildman–Crippen LogP) is 5.06. The first kappa shape index (κ1) is 13.6. The van der Waals surface area contributed by atoms with E-state index in [1.165, 1.54) is 16.5 Å². The van der Waals surface area contributed by atoms with Crippen LogP contribution in [-0.2, 0) is 10.8 Å². The minimum atomic E-state index is 0.151. The molecule has 0 spiro atoms. The number of benzene rings is 2. The summed E-state index contributed by atoms with van der Waals surface area (Å²) >= 11 is 0. The number of fused-ring (bicyclic) bond motifs is 2. The zero-order valence-corrected chi connectivity index (χ0v) is 14.1. The third-order valence-corrected chi connectivity index (χ3v) is 6.23. The Morgan fingerprint density at radius 1 is 0.920 bits per heavy atom. The third-order valence-electron chi connectivity index (χ3n) is 6.23. The van der Waals surface area contributed by atoms with Crippen LogP contribution < -0.4 is 0 Å². The molecule has 0 saturated heterocycles. The number of oxazole rings is 1. The van der Waals surface area contributed by atoms with Gasteiger partial charge in [0.25, 0.3) is 0 Å². The fourth-order valence-corrected chi connectivity index (χ4v) is 4.94. The van der Waals surface area contributed by atoms with Gasteiger partial charge < -0.3 is 4.42 Å². The summed E-state index contributed by atoms with van der Waals surface area (Å²) in [5, 5.41) is 1.23. The maximum absolute atomic E-state index is 6.12. The van der Waals surface area contributed by atoms with Gasteiger partial charge in [-0.25, -0.2) is 4.98 Å². The SMILES string of the molecule is Cc1ccc2nc(C34CC(c5cnc6ccccc6c5)(C3)C4)oc2c1. The fourth-order valence-electron chi connectivity index (χ4n) is 4.94. The summed E-state index contributed by atoms with van der Waals surface area (Å²) in [6, 6.07) is 16.9. The number of nitrogens with zero attached hydrogens (tertiary/aromatic N) is 2. The van der Waals surface area contributed by atoms with E-state index in [0.29, 0.717) is 0 Å². The molecule has 0 amide bonds. The van der Waals surface area contributed by atoms with Gasteiger partial charge in [-0.15, -0.1) is 0 Å². The van der Waals surface area contributed by atoms with Gasteiger partial charge in [0.2, 0.25) is 5.89 Å². The highest BCUT2D eigenvalue weighted by molar-refractivity contribution is 5.79. The molecule has 3 nitrogen and oxygen atoms in total. The second-order valence-corrected chi connectivity index (χ2v) is 8.00. The molecule has 0 unspecified atom stereocenters. The van der Waals surface area contributed by atoms with Gasteiger partial charge in [0.1, 0.15) is 5.52 Å². The van der Waals surface area contributed by atoms with E-state index < -0.39 is 0 Å². The summed E-state index contributed by atoms with van der Waals surface area (Å²) in [7, 11) is 0. The number of aromatic nitrogens is 2. The van der Waals surface area contributed by atoms with Crippen LogP contribution in [0, 0.1) is 6.92 Å². The molecule has 3 heteroatoms. The lowest BCUT2D eigenvalue weighted by molar-refractivity contribution is -0.0858. The van der Waals surface area contributed by atoms with Gasteiger partial charge in [-0.1, -0.05) is 24.3 Å². The molecule has 122 valence electrons. The molecular formula is C22H18N2O. The summed E-state index contributed by atoms with van der Waals surface area (Å²) in [6.07, 6.45) is 5.46. The standard InChI is InChI=1S/C22H18N2O/c1-14-6-7-18-19(8-14)25-20(24-18)22-11-21(12-22,13-22)16-9-15-4-2-3-5-17(15)23-10-16/h2-10H,11-13H2,1H3. The van der Waals surface area contributed by atoms with Gasteiger partial charge in [0.05, 0.1) is 5.52 Å². The van der Waals surface area contributed by atoms with Crippen molar-refractivity contribution in [3.8, 4) is 0 Å². The molecule has 25 heavy (non-hydrogen) atoms. The number of para-hydroxylation sites is 1. The van der Waals surface area contributed by atoms with Crippen LogP contribution in [0.15, 0.2) is 59.1 Å². The van der Waals surface area contributed by atoms with Gasteiger partial charge >= 0.3 is 0 Å². The number of aryl methyl sites for hydroxylation is 1. The molecule has 0 aliphatic heterocycles. The Morgan fingerprint density at radius 3 is 2.64 bits per heavy atom. The van der Waals surface area contributed by atoms with Crippen molar-refractivity contribution in [2.75, 3.05) is 0 Å². The average molecular weight is 326 g/mol. The van der Waals surface area contributed by atoms with Gasteiger partial charge in [-0.3, -0.25) is 4.98 Å². The highest BCUT2D eigenvalue weighted by atomic mass is 16.3. The van der Waals surface area contributed by atoms with Crippen LogP contribution in [0.1, 0.15) is 36.3 Å². The van der Waals surface area contributed by atoms with Crippen LogP contribution in [0.2, 0.25) is 0 Å². The molecule has 3 saturated carbocycles. The van der Waals surface area contributed by atoms with Crippen molar-refractivity contribution >= 4 is 22.0 Å². The monoisotopic (exact) mass is 326 g/mol. The van der Waals surface area contributed by atoms with E-state index in [9.17, 15) is 0 Å². The molecule has 3 fully saturated rings. The summed E-state index contributed by atoms with van der Waals surface area (Å²) in [5.41, 5.74) is 5.99. The maximum atomic E-state index is 6.12. The molecule has 0 atom stereocenters. The van der Waals surface area contributed by atoms with Crippen molar-refractivity contribution in [3.63, 3.8) is 0 Å². The topological polar surface area (TPSA) is 38.9 Å². The predicted molar refractivity (Wildman–Crippen MR) is 97.7 cm³/mol. The molecule has 3 aliphatic rings. The number of rotatable bonds is 2. The van der Waals surface area contributed by atoms with Crippen molar-refractivity contribution in [2.45, 2.75) is 37.0 Å². The van der Waals surface area contributed by atoms with E-state index in [4.69, 9.17) is 9.40 Å². The average Bonchev–Trinajstić information content (AvgIpc) is 2.95. The molecule has 7 rings (SSSR count). The Kier molecular flexibility index (Phi) is 2.33. The van der Waals surface area contributed by atoms with E-state index in [1.807, 2.05) is 6.07 Å². The largest absolute Gasteiger partial charge is 0.440 e. The highest BCUT2D eigenvalue weighted by Gasteiger charge is 2.71. The molecule has 2 aromatic carbocycles. The lowest BCUT2D eigenvalue weighted by Crippen LogP contribution is -2.67. The second-order valence-electron chi connectivity index (χ2n) is 8.00. The number of hydrogen-bond acceptors (Lipinski definition) is 3. The van der Waals surface area contributed by atoms with Crippen LogP contribution in [0.5, 0.6) is 0 Å². The minimum absolute atomic E-state index is 0.151. The highest BCUT2D eigenvalue weighted by Crippen LogP contribution is 2.73. The molecule has 2 heterocycles. The Morgan fingerprint density at radius 2 is 1.76 bits per heavy atom. The van der Waals surface area contributed by atoms with Crippen LogP contribution in [0.3, 0.4) is 0 Å². The van der Waals surface area contributed by atoms with E-state index >= 15 is 0 Å². The van der Waals surface area contributed by atoms with Crippen molar-refractivity contribution in [3.05, 3.63) is 71.7 Å². The quantitative estimate of drug-likeness (QED) is 0.517. The van der Waals surface area contributed by atoms with Crippen LogP contribution in [0.25, 0.3) is 22.0 Å². The van der Waals surface area contributed by atoms with Crippen LogP contribution >= 0.6 is 0 Å². The smallest absolute Gasteiger partial charge is 0.201 e. The zero-order valence-electron chi connectivity index (χ0n) is 14.1. The van der Waals surface area contributed by atoms with E-state index in [-0.39, 0.29) is 10.8 Å². The van der Waals surface area contributed by atoms with E-state index in [2.05, 4.69) is 60.6 Å². The Balaban J connectivity index is 1.34. The molecule has 4 aromatic rings. The summed E-state index contributed by atoms with van der Waals surface area (Å²) in [6.45, 7) is 2.09.